The van der Waals surface area contributed by atoms with Crippen LogP contribution >= 0.6 is 0 Å². The van der Waals surface area contributed by atoms with Crippen molar-refractivity contribution < 1.29 is 19.2 Å². The molecule has 1 N–H and O–H groups in total. The van der Waals surface area contributed by atoms with Crippen molar-refractivity contribution in [2.45, 2.75) is 58.4 Å². The van der Waals surface area contributed by atoms with Crippen LogP contribution in [0.1, 0.15) is 52.4 Å². The van der Waals surface area contributed by atoms with Gasteiger partial charge in [-0.15, -0.1) is 5.48 Å². The Balaban J connectivity index is 0.000000306. The lowest BCUT2D eigenvalue weighted by molar-refractivity contribution is 0.0307. The molecule has 0 saturated heterocycles. The Labute approximate surface area is 149 Å². The summed E-state index contributed by atoms with van der Waals surface area (Å²) in [6.07, 6.45) is 5.16. The molecule has 1 saturated carbocycles. The molecule has 2 amide bonds. The zero-order valence-corrected chi connectivity index (χ0v) is 15.1. The number of nitrogens with one attached hydrogen (secondary N) is 1. The highest BCUT2D eigenvalue weighted by Gasteiger charge is 2.26. The fourth-order valence-corrected chi connectivity index (χ4v) is 3.04. The summed E-state index contributed by atoms with van der Waals surface area (Å²) in [4.78, 5) is 29.6. The van der Waals surface area contributed by atoms with Gasteiger partial charge in [0.1, 0.15) is 0 Å². The van der Waals surface area contributed by atoms with Gasteiger partial charge in [-0.05, 0) is 43.4 Å². The quantitative estimate of drug-likeness (QED) is 0.826. The minimum atomic E-state index is -0.740. The molecular formula is C19H28N2O4. The Hall–Kier alpha value is -2.24. The van der Waals surface area contributed by atoms with Crippen LogP contribution < -0.4 is 5.48 Å². The molecule has 6 nitrogen and oxygen atoms in total. The van der Waals surface area contributed by atoms with Gasteiger partial charge in [0.25, 0.3) is 0 Å². The molecule has 0 radical (unpaired) electrons. The molecule has 1 fully saturated rings. The number of nitrogens with zero attached hydrogens (tertiary/aromatic N) is 1. The number of benzene rings is 1. The van der Waals surface area contributed by atoms with Gasteiger partial charge in [0, 0.05) is 12.6 Å². The van der Waals surface area contributed by atoms with Crippen LogP contribution in [-0.2, 0) is 9.57 Å². The molecule has 6 heteroatoms. The van der Waals surface area contributed by atoms with Gasteiger partial charge in [-0.1, -0.05) is 44.4 Å². The Morgan fingerprint density at radius 2 is 1.84 bits per heavy atom. The number of carbonyl (C=O) groups excluding carboxylic acids is 2. The Morgan fingerprint density at radius 1 is 1.16 bits per heavy atom. The minimum absolute atomic E-state index is 0.227. The van der Waals surface area contributed by atoms with Crippen molar-refractivity contribution in [3.8, 4) is 11.1 Å². The smallest absolute Gasteiger partial charge is 0.440 e. The first-order chi connectivity index (χ1) is 12.2. The first-order valence-corrected chi connectivity index (χ1v) is 9.16. The number of rotatable bonds is 4. The molecule has 3 aliphatic carbocycles. The summed E-state index contributed by atoms with van der Waals surface area (Å²) in [5, 5.41) is 0. The Kier molecular flexibility index (Phi) is 7.57. The van der Waals surface area contributed by atoms with Crippen molar-refractivity contribution in [3.05, 3.63) is 24.3 Å². The lowest BCUT2D eigenvalue weighted by Gasteiger charge is -2.32. The van der Waals surface area contributed by atoms with Gasteiger partial charge in [-0.2, -0.15) is 0 Å². The maximum atomic E-state index is 12.0. The van der Waals surface area contributed by atoms with Gasteiger partial charge < -0.3 is 14.5 Å². The maximum absolute atomic E-state index is 12.0. The van der Waals surface area contributed by atoms with Gasteiger partial charge in [0.2, 0.25) is 0 Å². The number of amides is 2. The third-order valence-corrected chi connectivity index (χ3v) is 4.32. The van der Waals surface area contributed by atoms with Crippen LogP contribution in [0.2, 0.25) is 0 Å². The topological polar surface area (TPSA) is 67.9 Å². The average Bonchev–Trinajstić information content (AvgIpc) is 3.24. The molecule has 3 rings (SSSR count). The number of hydrogen-bond donors (Lipinski definition) is 1. The minimum Gasteiger partial charge on any atom is -0.448 e. The molecule has 0 bridgehead atoms. The van der Waals surface area contributed by atoms with Crippen molar-refractivity contribution in [1.82, 2.24) is 10.4 Å². The Morgan fingerprint density at radius 3 is 2.32 bits per heavy atom. The van der Waals surface area contributed by atoms with E-state index in [1.807, 2.05) is 12.4 Å². The first-order valence-electron chi connectivity index (χ1n) is 9.16. The zero-order chi connectivity index (χ0) is 18.1. The lowest BCUT2D eigenvalue weighted by atomic mass is 9.94. The van der Waals surface area contributed by atoms with E-state index in [0.29, 0.717) is 6.54 Å². The van der Waals surface area contributed by atoms with E-state index >= 15 is 0 Å². The number of hydroxylamine groups is 1. The molecule has 0 aromatic heterocycles. The standard InChI is InChI=1S/C13H24N2O4.C6H4/c1-3-10-15(11-8-6-5-7-9-11)13(17)19-14-12(16)18-4-2;1-2-5-4-6(5)3-1/h11H,3-10H2,1-2H3,(H,14,16);1-4H. The maximum Gasteiger partial charge on any atom is 0.440 e. The second-order valence-corrected chi connectivity index (χ2v) is 6.26. The molecule has 0 unspecified atom stereocenters. The van der Waals surface area contributed by atoms with Crippen LogP contribution in [0.5, 0.6) is 0 Å². The SMILES string of the molecule is CCCN(C(=O)ONC(=O)OCC)C1CCCCC1.c1cc2cc-2c1. The first kappa shape index (κ1) is 19.1. The third kappa shape index (κ3) is 6.29. The van der Waals surface area contributed by atoms with Gasteiger partial charge >= 0.3 is 12.2 Å². The summed E-state index contributed by atoms with van der Waals surface area (Å²) >= 11 is 0. The van der Waals surface area contributed by atoms with E-state index in [1.54, 1.807) is 11.8 Å². The molecule has 0 heterocycles. The fourth-order valence-electron chi connectivity index (χ4n) is 3.04. The normalized spacial score (nSPS) is 14.6. The van der Waals surface area contributed by atoms with Crippen LogP contribution in [0.4, 0.5) is 9.59 Å². The monoisotopic (exact) mass is 348 g/mol. The molecule has 25 heavy (non-hydrogen) atoms. The van der Waals surface area contributed by atoms with Gasteiger partial charge in [-0.3, -0.25) is 0 Å². The fraction of sp³-hybridized carbons (Fsp3) is 0.579. The number of fused-ring (bicyclic) bond motifs is 1. The molecule has 0 atom stereocenters. The summed E-state index contributed by atoms with van der Waals surface area (Å²) in [7, 11) is 0. The zero-order valence-electron chi connectivity index (χ0n) is 15.1. The van der Waals surface area contributed by atoms with E-state index < -0.39 is 12.2 Å². The van der Waals surface area contributed by atoms with Crippen LogP contribution in [0.25, 0.3) is 11.1 Å². The molecule has 3 aliphatic rings. The molecule has 0 aliphatic heterocycles. The largest absolute Gasteiger partial charge is 0.448 e. The second kappa shape index (κ2) is 9.91. The average molecular weight is 348 g/mol. The van der Waals surface area contributed by atoms with Gasteiger partial charge in [-0.25, -0.2) is 9.59 Å². The van der Waals surface area contributed by atoms with Crippen molar-refractivity contribution >= 4 is 12.2 Å². The van der Waals surface area contributed by atoms with Crippen molar-refractivity contribution in [1.29, 1.82) is 0 Å². The van der Waals surface area contributed by atoms with Crippen LogP contribution in [0, 0.1) is 0 Å². The summed E-state index contributed by atoms with van der Waals surface area (Å²) in [6, 6.07) is 8.71. The third-order valence-electron chi connectivity index (χ3n) is 4.32. The summed E-state index contributed by atoms with van der Waals surface area (Å²) < 4.78 is 4.63. The van der Waals surface area contributed by atoms with E-state index in [2.05, 4.69) is 29.0 Å². The Bertz CT molecular complexity index is 553. The van der Waals surface area contributed by atoms with E-state index in [9.17, 15) is 9.59 Å². The van der Waals surface area contributed by atoms with E-state index in [-0.39, 0.29) is 12.6 Å². The predicted molar refractivity (Wildman–Crippen MR) is 95.9 cm³/mol. The van der Waals surface area contributed by atoms with E-state index in [4.69, 9.17) is 4.84 Å². The highest BCUT2D eigenvalue weighted by atomic mass is 16.7. The number of ether oxygens (including phenoxy) is 1. The van der Waals surface area contributed by atoms with Crippen LogP contribution in [-0.4, -0.2) is 36.3 Å². The van der Waals surface area contributed by atoms with Crippen molar-refractivity contribution in [2.75, 3.05) is 13.2 Å². The van der Waals surface area contributed by atoms with Crippen molar-refractivity contribution in [2.24, 2.45) is 0 Å². The van der Waals surface area contributed by atoms with E-state index in [0.717, 1.165) is 32.1 Å². The molecular weight excluding hydrogens is 320 g/mol. The number of carbonyl (C=O) groups is 2. The van der Waals surface area contributed by atoms with Crippen molar-refractivity contribution in [3.63, 3.8) is 0 Å². The summed E-state index contributed by atoms with van der Waals surface area (Å²) in [5.74, 6) is 0. The highest BCUT2D eigenvalue weighted by Crippen LogP contribution is 2.32. The molecule has 0 aromatic carbocycles. The predicted octanol–water partition coefficient (Wildman–Crippen LogP) is 4.50. The number of hydrogen-bond acceptors (Lipinski definition) is 4. The van der Waals surface area contributed by atoms with Gasteiger partial charge in [0.15, 0.2) is 0 Å². The second-order valence-electron chi connectivity index (χ2n) is 6.26. The molecule has 138 valence electrons. The highest BCUT2D eigenvalue weighted by molar-refractivity contribution is 5.80. The summed E-state index contributed by atoms with van der Waals surface area (Å²) in [6.45, 7) is 4.59. The molecule has 0 spiro atoms. The molecule has 0 aromatic rings. The van der Waals surface area contributed by atoms with Crippen LogP contribution in [0.15, 0.2) is 24.3 Å². The van der Waals surface area contributed by atoms with Crippen LogP contribution in [0.3, 0.4) is 0 Å². The summed E-state index contributed by atoms with van der Waals surface area (Å²) in [5.41, 5.74) is 4.86. The van der Waals surface area contributed by atoms with E-state index in [1.165, 1.54) is 17.5 Å². The lowest BCUT2D eigenvalue weighted by Crippen LogP contribution is -2.44. The van der Waals surface area contributed by atoms with Gasteiger partial charge in [0.05, 0.1) is 6.61 Å².